The van der Waals surface area contributed by atoms with Gasteiger partial charge in [0.2, 0.25) is 23.6 Å². The first-order chi connectivity index (χ1) is 48.7. The fourth-order valence-electron chi connectivity index (χ4n) is 15.8. The lowest BCUT2D eigenvalue weighted by Crippen LogP contribution is -2.63. The Labute approximate surface area is 612 Å². The Morgan fingerprint density at radius 1 is 0.825 bits per heavy atom. The third-order valence-corrected chi connectivity index (χ3v) is 26.9. The first kappa shape index (κ1) is 77.2. The summed E-state index contributed by atoms with van der Waals surface area (Å²) in [6, 6.07) is 23.2. The van der Waals surface area contributed by atoms with Crippen LogP contribution in [0.1, 0.15) is 147 Å². The molecule has 4 heterocycles. The first-order valence-corrected chi connectivity index (χ1v) is 40.9. The van der Waals surface area contributed by atoms with Crippen molar-refractivity contribution in [2.75, 3.05) is 88.0 Å². The van der Waals surface area contributed by atoms with E-state index in [9.17, 15) is 59.1 Å². The van der Waals surface area contributed by atoms with E-state index in [1.807, 2.05) is 87.0 Å². The number of aromatic nitrogens is 1. The normalized spacial score (nSPS) is 22.4. The van der Waals surface area contributed by atoms with E-state index in [1.165, 1.54) is 67.3 Å². The van der Waals surface area contributed by atoms with Crippen LogP contribution in [-0.4, -0.2) is 184 Å². The molecule has 0 spiro atoms. The van der Waals surface area contributed by atoms with Crippen molar-refractivity contribution in [1.82, 2.24) is 39.9 Å². The van der Waals surface area contributed by atoms with Gasteiger partial charge < -0.3 is 35.8 Å². The van der Waals surface area contributed by atoms with Crippen LogP contribution in [0.5, 0.6) is 0 Å². The van der Waals surface area contributed by atoms with E-state index in [4.69, 9.17) is 0 Å². The molecule has 1 aromatic heterocycles. The highest BCUT2D eigenvalue weighted by atomic mass is 32.2. The molecule has 7 aliphatic rings. The highest BCUT2D eigenvalue weighted by molar-refractivity contribution is 7.99. The summed E-state index contributed by atoms with van der Waals surface area (Å²) in [7, 11) is -11.1. The quantitative estimate of drug-likeness (QED) is 0.0177. The molecule has 5 aromatic rings. The summed E-state index contributed by atoms with van der Waals surface area (Å²) in [4.78, 5) is 82.5. The van der Waals surface area contributed by atoms with Gasteiger partial charge in [-0.15, -0.1) is 23.1 Å². The molecule has 4 aliphatic carbocycles. The number of nitrogens with zero attached hydrogens (tertiary/aromatic N) is 6. The van der Waals surface area contributed by atoms with Crippen molar-refractivity contribution in [3.05, 3.63) is 131 Å². The first-order valence-electron chi connectivity index (χ1n) is 36.0. The predicted molar refractivity (Wildman–Crippen MR) is 395 cm³/mol. The van der Waals surface area contributed by atoms with E-state index in [0.29, 0.717) is 74.3 Å². The number of hydrogen-bond donors (Lipinski definition) is 5. The van der Waals surface area contributed by atoms with Gasteiger partial charge in [-0.05, 0) is 152 Å². The van der Waals surface area contributed by atoms with E-state index in [0.717, 1.165) is 83.6 Å². The number of unbranched alkanes of at least 4 members (excludes halogenated alkanes) is 1. The van der Waals surface area contributed by atoms with Gasteiger partial charge in [-0.25, -0.2) is 26.5 Å². The second kappa shape index (κ2) is 31.7. The van der Waals surface area contributed by atoms with Gasteiger partial charge in [0.1, 0.15) is 17.0 Å². The van der Waals surface area contributed by atoms with Crippen LogP contribution in [0.2, 0.25) is 0 Å². The zero-order valence-electron chi connectivity index (χ0n) is 60.1. The number of carbonyl (C=O) groups excluding carboxylic acids is 5. The SMILES string of the molecule is CCC12CC(C3=C(CN4CCN(c5ccc(C(=O)NS(=O)(=O)c6ccc(N[C@H](CCN7CCN(C(=O)CCCCC(=O)N[C@H](C(=O)N8C[C@H](O)C[C@H]8C(=O)NCc8ccc(-c9scnc9C)cc8)C(C)(C)C)CC7)CSc7ccccc7)c(S(=O)(=O)C(F)(F)F)c6)cc5)CC4)CCC(C)(C)C3)(C1)C2. The standard InChI is InChI=1S/C76H99F3N10O10S4/c1-8-74-47-75(48-74,49-74)61-42-73(6,7)30-28-55(61)44-86-34-36-87(37-35-86)57-24-22-54(23-25-57)69(93)84-103(98,99)60-26-27-62(64(41-60)102(96,97)76(77,78)79)82-56(46-100-59-14-10-9-11-15-59)29-31-85-32-38-88(39-33-85)66(92)17-13-12-16-65(91)83-68(72(3,4)5)71(95)89-45-58(90)40-63(89)70(94)80-43-52-18-20-53(21-19-52)67-51(2)81-50-101-67/h9-11,14-15,18-27,41,50,56,58,63,68,82,90H,8,12-13,16-17,28-40,42-49H2,1-7H3,(H,80,94)(H,83,91)(H,84,93)/t56-,58-,63+,68-,74?,75?/m1/s1. The van der Waals surface area contributed by atoms with Crippen LogP contribution in [0.3, 0.4) is 0 Å². The maximum Gasteiger partial charge on any atom is 0.501 e. The summed E-state index contributed by atoms with van der Waals surface area (Å²) in [6.45, 7) is 20.9. The molecule has 12 rings (SSSR count). The van der Waals surface area contributed by atoms with Crippen molar-refractivity contribution < 1.29 is 59.1 Å². The number of alkyl halides is 3. The van der Waals surface area contributed by atoms with Crippen LogP contribution < -0.4 is 25.6 Å². The van der Waals surface area contributed by atoms with Gasteiger partial charge in [0.15, 0.2) is 0 Å². The number of piperazine rings is 2. The van der Waals surface area contributed by atoms with Gasteiger partial charge >= 0.3 is 5.51 Å². The molecule has 20 nitrogen and oxygen atoms in total. The topological polar surface area (TPSA) is 251 Å². The smallest absolute Gasteiger partial charge is 0.391 e. The second-order valence-corrected chi connectivity index (χ2v) is 36.6. The number of hydrogen-bond acceptors (Lipinski definition) is 17. The van der Waals surface area contributed by atoms with Crippen LogP contribution in [0.15, 0.2) is 128 Å². The van der Waals surface area contributed by atoms with E-state index in [-0.39, 0.29) is 49.6 Å². The molecule has 5 amide bonds. The molecule has 2 bridgehead atoms. The second-order valence-electron chi connectivity index (χ2n) is 31.1. The Hall–Kier alpha value is -6.88. The van der Waals surface area contributed by atoms with Crippen molar-refractivity contribution in [1.29, 1.82) is 0 Å². The Kier molecular flexibility index (Phi) is 23.7. The molecule has 3 aliphatic heterocycles. The minimum Gasteiger partial charge on any atom is -0.391 e. The third kappa shape index (κ3) is 18.3. The molecule has 27 heteroatoms. The summed E-state index contributed by atoms with van der Waals surface area (Å²) in [5, 5.41) is 19.5. The molecule has 3 saturated carbocycles. The monoisotopic (exact) mass is 1500 g/mol. The molecule has 4 atom stereocenters. The number of sulfonamides is 1. The number of thiazole rings is 1. The summed E-state index contributed by atoms with van der Waals surface area (Å²) in [6.07, 6.45) is 9.16. The van der Waals surface area contributed by atoms with Crippen LogP contribution in [0.4, 0.5) is 24.5 Å². The van der Waals surface area contributed by atoms with E-state index in [2.05, 4.69) is 56.4 Å². The number of sulfone groups is 1. The van der Waals surface area contributed by atoms with Crippen LogP contribution in [0, 0.1) is 28.6 Å². The van der Waals surface area contributed by atoms with Crippen molar-refractivity contribution in [2.24, 2.45) is 21.7 Å². The number of rotatable bonds is 28. The lowest BCUT2D eigenvalue weighted by Gasteiger charge is -2.73. The van der Waals surface area contributed by atoms with Crippen molar-refractivity contribution in [3.8, 4) is 10.4 Å². The summed E-state index contributed by atoms with van der Waals surface area (Å²) in [5.41, 5.74) is 3.05. The molecular formula is C76H99F3N10O10S4. The molecule has 103 heavy (non-hydrogen) atoms. The van der Waals surface area contributed by atoms with E-state index < -0.39 is 94.1 Å². The number of benzene rings is 4. The zero-order chi connectivity index (χ0) is 73.9. The van der Waals surface area contributed by atoms with Gasteiger partial charge in [0.25, 0.3) is 25.8 Å². The number of aryl methyl sites for hydroxylation is 1. The minimum atomic E-state index is -6.18. The minimum absolute atomic E-state index is 0.0202. The summed E-state index contributed by atoms with van der Waals surface area (Å²) >= 11 is 2.94. The number of amides is 5. The summed E-state index contributed by atoms with van der Waals surface area (Å²) < 4.78 is 100. The average molecular weight is 1500 g/mol. The molecule has 4 aromatic carbocycles. The number of β-amino-alcohol motifs (C(OH)–C–C–N with tert-alkyl or cyclic N) is 1. The molecule has 0 radical (unpaired) electrons. The number of anilines is 2. The number of aliphatic hydroxyl groups is 1. The molecule has 6 fully saturated rings. The van der Waals surface area contributed by atoms with Gasteiger partial charge in [0.05, 0.1) is 32.8 Å². The number of likely N-dealkylation sites (tertiary alicyclic amines) is 1. The number of nitrogens with one attached hydrogen (secondary N) is 4. The Balaban J connectivity index is 0.649. The highest BCUT2D eigenvalue weighted by Crippen LogP contribution is 2.79. The lowest BCUT2D eigenvalue weighted by molar-refractivity contribution is -0.182. The number of allylic oxidation sites excluding steroid dienone is 1. The molecule has 558 valence electrons. The molecular weight excluding hydrogens is 1400 g/mol. The maximum atomic E-state index is 14.6. The molecule has 5 N–H and O–H groups in total. The fourth-order valence-corrected chi connectivity index (χ4v) is 19.6. The zero-order valence-corrected chi connectivity index (χ0v) is 63.3. The number of halogens is 3. The molecule has 3 saturated heterocycles. The maximum absolute atomic E-state index is 14.6. The third-order valence-electron chi connectivity index (χ3n) is 21.9. The van der Waals surface area contributed by atoms with Gasteiger partial charge in [-0.2, -0.15) is 13.2 Å². The number of aliphatic hydroxyl groups excluding tert-OH is 1. The predicted octanol–water partition coefficient (Wildman–Crippen LogP) is 11.2. The Morgan fingerprint density at radius 3 is 2.14 bits per heavy atom. The fraction of sp³-hybridized carbons (Fsp3) is 0.553. The van der Waals surface area contributed by atoms with Crippen molar-refractivity contribution in [3.63, 3.8) is 0 Å². The van der Waals surface area contributed by atoms with Crippen molar-refractivity contribution >= 4 is 83.9 Å². The van der Waals surface area contributed by atoms with E-state index in [1.54, 1.807) is 45.0 Å². The van der Waals surface area contributed by atoms with Gasteiger partial charge in [-0.3, -0.25) is 33.8 Å². The average Bonchev–Trinajstić information content (AvgIpc) is 0.945. The Morgan fingerprint density at radius 2 is 1.50 bits per heavy atom. The number of carbonyl (C=O) groups is 5. The Bertz CT molecular complexity index is 4130. The number of thioether (sulfide) groups is 1. The lowest BCUT2D eigenvalue weighted by atomic mass is 9.31. The highest BCUT2D eigenvalue weighted by Gasteiger charge is 2.68. The largest absolute Gasteiger partial charge is 0.501 e. The molecule has 0 unspecified atom stereocenters. The van der Waals surface area contributed by atoms with Crippen LogP contribution in [0.25, 0.3) is 10.4 Å². The van der Waals surface area contributed by atoms with Crippen LogP contribution in [-0.2, 0) is 45.6 Å². The van der Waals surface area contributed by atoms with Crippen LogP contribution >= 0.6 is 23.1 Å². The van der Waals surface area contributed by atoms with Gasteiger partial charge in [0, 0.05) is 126 Å². The van der Waals surface area contributed by atoms with E-state index >= 15 is 0 Å². The van der Waals surface area contributed by atoms with Crippen molar-refractivity contribution in [2.45, 2.75) is 183 Å². The summed E-state index contributed by atoms with van der Waals surface area (Å²) in [5.74, 6) is -2.19. The van der Waals surface area contributed by atoms with Gasteiger partial charge in [-0.1, -0.05) is 102 Å².